The van der Waals surface area contributed by atoms with Gasteiger partial charge in [-0.2, -0.15) is 13.8 Å². The minimum atomic E-state index is -2.70. The van der Waals surface area contributed by atoms with Crippen LogP contribution >= 0.6 is 0 Å². The van der Waals surface area contributed by atoms with Gasteiger partial charge in [-0.05, 0) is 5.16 Å². The van der Waals surface area contributed by atoms with Crippen LogP contribution in [0, 0.1) is 0 Å². The van der Waals surface area contributed by atoms with E-state index in [2.05, 4.69) is 20.0 Å². The van der Waals surface area contributed by atoms with Crippen molar-refractivity contribution in [3.8, 4) is 0 Å². The number of nitrogens with zero attached hydrogens (tertiary/aromatic N) is 3. The molecule has 0 aromatic carbocycles. The Balaban J connectivity index is 2.07. The van der Waals surface area contributed by atoms with Crippen LogP contribution in [0.25, 0.3) is 0 Å². The standard InChI is InChI=1S/C7H10F2N4O/c8-5(9)6-11-7(12-14-6)13-3-1-10-2-4-13/h5,10H,1-4H2. The molecule has 1 aromatic rings. The van der Waals surface area contributed by atoms with Gasteiger partial charge in [-0.3, -0.25) is 0 Å². The predicted molar refractivity (Wildman–Crippen MR) is 44.3 cm³/mol. The van der Waals surface area contributed by atoms with Gasteiger partial charge < -0.3 is 14.7 Å². The highest BCUT2D eigenvalue weighted by Crippen LogP contribution is 2.19. The van der Waals surface area contributed by atoms with Crippen LogP contribution in [0.1, 0.15) is 12.3 Å². The monoisotopic (exact) mass is 204 g/mol. The van der Waals surface area contributed by atoms with Crippen molar-refractivity contribution in [1.29, 1.82) is 0 Å². The maximum atomic E-state index is 12.1. The Morgan fingerprint density at radius 1 is 1.36 bits per heavy atom. The molecule has 2 rings (SSSR count). The normalized spacial score (nSPS) is 17.8. The summed E-state index contributed by atoms with van der Waals surface area (Å²) in [6.45, 7) is 3.03. The summed E-state index contributed by atoms with van der Waals surface area (Å²) in [7, 11) is 0. The number of hydrogen-bond donors (Lipinski definition) is 1. The first kappa shape index (κ1) is 9.32. The molecule has 14 heavy (non-hydrogen) atoms. The van der Waals surface area contributed by atoms with E-state index in [0.717, 1.165) is 13.1 Å². The van der Waals surface area contributed by atoms with Crippen LogP contribution in [0.5, 0.6) is 0 Å². The van der Waals surface area contributed by atoms with E-state index in [4.69, 9.17) is 0 Å². The molecular formula is C7H10F2N4O. The number of rotatable bonds is 2. The number of alkyl halides is 2. The minimum Gasteiger partial charge on any atom is -0.336 e. The Bertz CT molecular complexity index is 298. The first-order valence-electron chi connectivity index (χ1n) is 4.35. The zero-order chi connectivity index (χ0) is 9.97. The summed E-state index contributed by atoms with van der Waals surface area (Å²) in [5.74, 6) is -0.361. The van der Waals surface area contributed by atoms with Gasteiger partial charge in [0.2, 0.25) is 0 Å². The van der Waals surface area contributed by atoms with Crippen molar-refractivity contribution in [2.24, 2.45) is 0 Å². The molecule has 78 valence electrons. The fraction of sp³-hybridized carbons (Fsp3) is 0.714. The predicted octanol–water partition coefficient (Wildman–Crippen LogP) is 0.417. The lowest BCUT2D eigenvalue weighted by molar-refractivity contribution is 0.106. The van der Waals surface area contributed by atoms with E-state index in [-0.39, 0.29) is 5.95 Å². The average Bonchev–Trinajstić information content (AvgIpc) is 2.68. The van der Waals surface area contributed by atoms with Gasteiger partial charge in [-0.25, -0.2) is 0 Å². The highest BCUT2D eigenvalue weighted by Gasteiger charge is 2.20. The molecule has 0 saturated carbocycles. The minimum absolute atomic E-state index is 0.252. The van der Waals surface area contributed by atoms with E-state index in [0.29, 0.717) is 13.1 Å². The molecule has 0 radical (unpaired) electrons. The third-order valence-corrected chi connectivity index (χ3v) is 2.02. The van der Waals surface area contributed by atoms with Gasteiger partial charge in [0.25, 0.3) is 11.8 Å². The Labute approximate surface area is 79.1 Å². The maximum Gasteiger partial charge on any atom is 0.316 e. The lowest BCUT2D eigenvalue weighted by Crippen LogP contribution is -2.44. The van der Waals surface area contributed by atoms with E-state index in [1.165, 1.54) is 0 Å². The molecule has 0 aliphatic carbocycles. The van der Waals surface area contributed by atoms with Crippen molar-refractivity contribution >= 4 is 5.95 Å². The third kappa shape index (κ3) is 1.82. The van der Waals surface area contributed by atoms with Crippen molar-refractivity contribution in [3.63, 3.8) is 0 Å². The molecule has 1 saturated heterocycles. The van der Waals surface area contributed by atoms with Crippen LogP contribution in [-0.2, 0) is 0 Å². The number of anilines is 1. The zero-order valence-electron chi connectivity index (χ0n) is 7.41. The third-order valence-electron chi connectivity index (χ3n) is 2.02. The molecule has 0 spiro atoms. The first-order chi connectivity index (χ1) is 6.77. The number of aromatic nitrogens is 2. The van der Waals surface area contributed by atoms with E-state index in [1.54, 1.807) is 0 Å². The van der Waals surface area contributed by atoms with Crippen molar-refractivity contribution in [1.82, 2.24) is 15.5 Å². The van der Waals surface area contributed by atoms with Gasteiger partial charge in [0, 0.05) is 26.2 Å². The van der Waals surface area contributed by atoms with Crippen LogP contribution in [0.15, 0.2) is 4.52 Å². The van der Waals surface area contributed by atoms with Crippen molar-refractivity contribution in [3.05, 3.63) is 5.89 Å². The summed E-state index contributed by atoms with van der Waals surface area (Å²) < 4.78 is 28.6. The van der Waals surface area contributed by atoms with E-state index in [1.807, 2.05) is 4.90 Å². The maximum absolute atomic E-state index is 12.1. The largest absolute Gasteiger partial charge is 0.336 e. The topological polar surface area (TPSA) is 54.2 Å². The van der Waals surface area contributed by atoms with Gasteiger partial charge >= 0.3 is 6.43 Å². The molecule has 0 atom stereocenters. The number of hydrogen-bond acceptors (Lipinski definition) is 5. The summed E-state index contributed by atoms with van der Waals surface area (Å²) in [5.41, 5.74) is 0. The van der Waals surface area contributed by atoms with Crippen LogP contribution in [0.3, 0.4) is 0 Å². The van der Waals surface area contributed by atoms with Crippen molar-refractivity contribution < 1.29 is 13.3 Å². The van der Waals surface area contributed by atoms with Gasteiger partial charge in [-0.1, -0.05) is 0 Å². The SMILES string of the molecule is FC(F)c1nc(N2CCNCC2)no1. The summed E-state index contributed by atoms with van der Waals surface area (Å²) in [6.07, 6.45) is -2.70. The molecule has 1 fully saturated rings. The number of piperazine rings is 1. The second-order valence-corrected chi connectivity index (χ2v) is 2.97. The molecule has 0 bridgehead atoms. The Kier molecular flexibility index (Phi) is 2.58. The Morgan fingerprint density at radius 2 is 2.07 bits per heavy atom. The lowest BCUT2D eigenvalue weighted by atomic mass is 10.4. The highest BCUT2D eigenvalue weighted by atomic mass is 19.3. The number of halogens is 2. The second-order valence-electron chi connectivity index (χ2n) is 2.97. The van der Waals surface area contributed by atoms with Gasteiger partial charge in [-0.15, -0.1) is 0 Å². The molecular weight excluding hydrogens is 194 g/mol. The quantitative estimate of drug-likeness (QED) is 0.756. The Hall–Kier alpha value is -1.24. The fourth-order valence-electron chi connectivity index (χ4n) is 1.31. The van der Waals surface area contributed by atoms with Gasteiger partial charge in [0.1, 0.15) is 0 Å². The summed E-state index contributed by atoms with van der Waals surface area (Å²) >= 11 is 0. The number of nitrogens with one attached hydrogen (secondary N) is 1. The van der Waals surface area contributed by atoms with Crippen molar-refractivity contribution in [2.45, 2.75) is 6.43 Å². The van der Waals surface area contributed by atoms with E-state index in [9.17, 15) is 8.78 Å². The van der Waals surface area contributed by atoms with Gasteiger partial charge in [0.15, 0.2) is 0 Å². The van der Waals surface area contributed by atoms with Gasteiger partial charge in [0.05, 0.1) is 0 Å². The molecule has 0 unspecified atom stereocenters. The molecule has 1 N–H and O–H groups in total. The second kappa shape index (κ2) is 3.87. The summed E-state index contributed by atoms with van der Waals surface area (Å²) in [6, 6.07) is 0. The highest BCUT2D eigenvalue weighted by molar-refractivity contribution is 5.28. The van der Waals surface area contributed by atoms with Crippen LogP contribution in [0.2, 0.25) is 0 Å². The molecule has 5 nitrogen and oxygen atoms in total. The van der Waals surface area contributed by atoms with Crippen LogP contribution in [-0.4, -0.2) is 36.3 Å². The molecule has 1 aromatic heterocycles. The van der Waals surface area contributed by atoms with E-state index < -0.39 is 12.3 Å². The van der Waals surface area contributed by atoms with Crippen LogP contribution in [0.4, 0.5) is 14.7 Å². The van der Waals surface area contributed by atoms with E-state index >= 15 is 0 Å². The molecule has 2 heterocycles. The molecule has 1 aliphatic rings. The molecule has 7 heteroatoms. The lowest BCUT2D eigenvalue weighted by Gasteiger charge is -2.25. The smallest absolute Gasteiger partial charge is 0.316 e. The summed E-state index contributed by atoms with van der Waals surface area (Å²) in [4.78, 5) is 5.42. The Morgan fingerprint density at radius 3 is 2.64 bits per heavy atom. The van der Waals surface area contributed by atoms with Crippen LogP contribution < -0.4 is 10.2 Å². The molecule has 0 amide bonds. The fourth-order valence-corrected chi connectivity index (χ4v) is 1.31. The zero-order valence-corrected chi connectivity index (χ0v) is 7.41. The first-order valence-corrected chi connectivity index (χ1v) is 4.35. The summed E-state index contributed by atoms with van der Waals surface area (Å²) in [5, 5.41) is 6.63. The molecule has 1 aliphatic heterocycles. The van der Waals surface area contributed by atoms with Crippen molar-refractivity contribution in [2.75, 3.05) is 31.1 Å². The average molecular weight is 204 g/mol.